The fraction of sp³-hybridized carbons (Fsp3) is 0.182. The third-order valence-corrected chi connectivity index (χ3v) is 2.91. The zero-order chi connectivity index (χ0) is 13.8. The zero-order valence-electron chi connectivity index (χ0n) is 10.1. The molecule has 2 rings (SSSR count). The molecule has 19 heavy (non-hydrogen) atoms. The maximum atomic E-state index is 11.1. The molecule has 0 aromatic carbocycles. The standard InChI is InChI=1S/C11H12N4O3S/c1-17-9(16)4-6-2-3-8(18-6)7-5-19-11(14-7)15-10(12)13/h2-3,5H,4H2,1H3,(H4,12,13,14,15). The Balaban J connectivity index is 2.16. The van der Waals surface area contributed by atoms with E-state index in [1.165, 1.54) is 18.4 Å². The lowest BCUT2D eigenvalue weighted by Gasteiger charge is -1.95. The van der Waals surface area contributed by atoms with Crippen LogP contribution in [0.2, 0.25) is 0 Å². The zero-order valence-corrected chi connectivity index (χ0v) is 10.9. The predicted molar refractivity (Wildman–Crippen MR) is 71.0 cm³/mol. The van der Waals surface area contributed by atoms with Gasteiger partial charge in [0.25, 0.3) is 0 Å². The number of nitrogens with two attached hydrogens (primary N) is 2. The van der Waals surface area contributed by atoms with Gasteiger partial charge in [0.05, 0.1) is 7.11 Å². The van der Waals surface area contributed by atoms with Crippen LogP contribution in [0.3, 0.4) is 0 Å². The number of rotatable bonds is 4. The van der Waals surface area contributed by atoms with Crippen LogP contribution in [0.4, 0.5) is 5.13 Å². The Morgan fingerprint density at radius 2 is 2.32 bits per heavy atom. The molecule has 0 saturated heterocycles. The van der Waals surface area contributed by atoms with Gasteiger partial charge in [-0.3, -0.25) is 4.79 Å². The molecule has 0 atom stereocenters. The molecule has 4 N–H and O–H groups in total. The van der Waals surface area contributed by atoms with Crippen molar-refractivity contribution >= 4 is 28.4 Å². The Morgan fingerprint density at radius 1 is 1.53 bits per heavy atom. The average Bonchev–Trinajstić information content (AvgIpc) is 2.97. The average molecular weight is 280 g/mol. The van der Waals surface area contributed by atoms with Crippen molar-refractivity contribution in [1.29, 1.82) is 0 Å². The minimum Gasteiger partial charge on any atom is -0.469 e. The number of esters is 1. The molecule has 0 radical (unpaired) electrons. The van der Waals surface area contributed by atoms with Crippen LogP contribution < -0.4 is 11.5 Å². The van der Waals surface area contributed by atoms with Gasteiger partial charge in [-0.2, -0.15) is 4.99 Å². The summed E-state index contributed by atoms with van der Waals surface area (Å²) in [5, 5.41) is 2.21. The highest BCUT2D eigenvalue weighted by atomic mass is 32.1. The van der Waals surface area contributed by atoms with Crippen LogP contribution in [-0.4, -0.2) is 24.0 Å². The third kappa shape index (κ3) is 3.32. The molecule has 0 spiro atoms. The van der Waals surface area contributed by atoms with Gasteiger partial charge in [-0.1, -0.05) is 0 Å². The molecule has 2 aromatic rings. The number of carbonyl (C=O) groups is 1. The van der Waals surface area contributed by atoms with Gasteiger partial charge in [-0.05, 0) is 12.1 Å². The molecule has 0 aliphatic carbocycles. The van der Waals surface area contributed by atoms with Gasteiger partial charge in [-0.25, -0.2) is 4.98 Å². The first kappa shape index (κ1) is 13.1. The quantitative estimate of drug-likeness (QED) is 0.490. The molecule has 2 aromatic heterocycles. The molecular weight excluding hydrogens is 268 g/mol. The monoisotopic (exact) mass is 280 g/mol. The number of guanidine groups is 1. The minimum atomic E-state index is -0.361. The van der Waals surface area contributed by atoms with E-state index >= 15 is 0 Å². The topological polar surface area (TPSA) is 117 Å². The summed E-state index contributed by atoms with van der Waals surface area (Å²) in [5.41, 5.74) is 11.1. The number of thiazole rings is 1. The summed E-state index contributed by atoms with van der Waals surface area (Å²) in [4.78, 5) is 19.1. The Kier molecular flexibility index (Phi) is 3.81. The van der Waals surface area contributed by atoms with Crippen molar-refractivity contribution in [2.24, 2.45) is 16.5 Å². The molecule has 2 heterocycles. The van der Waals surface area contributed by atoms with Crippen LogP contribution in [0.5, 0.6) is 0 Å². The molecule has 0 bridgehead atoms. The lowest BCUT2D eigenvalue weighted by Crippen LogP contribution is -2.21. The van der Waals surface area contributed by atoms with Gasteiger partial charge in [0, 0.05) is 5.38 Å². The highest BCUT2D eigenvalue weighted by Crippen LogP contribution is 2.28. The summed E-state index contributed by atoms with van der Waals surface area (Å²) in [6.07, 6.45) is 0.0847. The fourth-order valence-electron chi connectivity index (χ4n) is 1.36. The molecule has 0 fully saturated rings. The van der Waals surface area contributed by atoms with Gasteiger partial charge in [0.2, 0.25) is 5.13 Å². The number of ether oxygens (including phenoxy) is 1. The first-order chi connectivity index (χ1) is 9.08. The van der Waals surface area contributed by atoms with Crippen LogP contribution in [0, 0.1) is 0 Å². The Bertz CT molecular complexity index is 613. The Labute approximate surface area is 112 Å². The number of hydrogen-bond donors (Lipinski definition) is 2. The highest BCUT2D eigenvalue weighted by molar-refractivity contribution is 7.13. The second kappa shape index (κ2) is 5.53. The first-order valence-electron chi connectivity index (χ1n) is 5.29. The van der Waals surface area contributed by atoms with Gasteiger partial charge in [-0.15, -0.1) is 11.3 Å². The predicted octanol–water partition coefficient (Wildman–Crippen LogP) is 1.02. The lowest BCUT2D eigenvalue weighted by atomic mass is 10.3. The van der Waals surface area contributed by atoms with Crippen molar-refractivity contribution in [3.8, 4) is 11.5 Å². The van der Waals surface area contributed by atoms with Crippen molar-refractivity contribution < 1.29 is 13.9 Å². The summed E-state index contributed by atoms with van der Waals surface area (Å²) < 4.78 is 10.1. The van der Waals surface area contributed by atoms with E-state index in [-0.39, 0.29) is 18.3 Å². The van der Waals surface area contributed by atoms with E-state index in [0.29, 0.717) is 22.3 Å². The van der Waals surface area contributed by atoms with E-state index in [0.717, 1.165) is 0 Å². The highest BCUT2D eigenvalue weighted by Gasteiger charge is 2.11. The van der Waals surface area contributed by atoms with Crippen molar-refractivity contribution in [1.82, 2.24) is 4.98 Å². The van der Waals surface area contributed by atoms with Crippen LogP contribution in [0.25, 0.3) is 11.5 Å². The molecule has 8 heteroatoms. The Hall–Kier alpha value is -2.35. The first-order valence-corrected chi connectivity index (χ1v) is 6.17. The number of hydrogen-bond acceptors (Lipinski definition) is 6. The Morgan fingerprint density at radius 3 is 3.00 bits per heavy atom. The number of carbonyl (C=O) groups excluding carboxylic acids is 1. The van der Waals surface area contributed by atoms with Gasteiger partial charge < -0.3 is 20.6 Å². The smallest absolute Gasteiger partial charge is 0.313 e. The lowest BCUT2D eigenvalue weighted by molar-refractivity contribution is -0.140. The van der Waals surface area contributed by atoms with Gasteiger partial charge in [0.15, 0.2) is 11.7 Å². The van der Waals surface area contributed by atoms with Crippen molar-refractivity contribution in [2.45, 2.75) is 6.42 Å². The third-order valence-electron chi connectivity index (χ3n) is 2.18. The summed E-state index contributed by atoms with van der Waals surface area (Å²) in [6.45, 7) is 0. The summed E-state index contributed by atoms with van der Waals surface area (Å²) in [6, 6.07) is 3.43. The van der Waals surface area contributed by atoms with E-state index in [1.54, 1.807) is 17.5 Å². The maximum Gasteiger partial charge on any atom is 0.313 e. The van der Waals surface area contributed by atoms with Crippen molar-refractivity contribution in [3.05, 3.63) is 23.3 Å². The summed E-state index contributed by atoms with van der Waals surface area (Å²) in [7, 11) is 1.33. The minimum absolute atomic E-state index is 0.0493. The molecule has 0 aliphatic heterocycles. The molecule has 0 amide bonds. The normalized spacial score (nSPS) is 10.2. The molecule has 0 saturated carbocycles. The van der Waals surface area contributed by atoms with E-state index in [9.17, 15) is 4.79 Å². The van der Waals surface area contributed by atoms with Crippen molar-refractivity contribution in [3.63, 3.8) is 0 Å². The van der Waals surface area contributed by atoms with Gasteiger partial charge >= 0.3 is 5.97 Å². The molecular formula is C11H12N4O3S. The molecule has 0 aliphatic rings. The fourth-order valence-corrected chi connectivity index (χ4v) is 2.06. The second-order valence-electron chi connectivity index (χ2n) is 3.57. The van der Waals surface area contributed by atoms with Crippen molar-refractivity contribution in [2.75, 3.05) is 7.11 Å². The van der Waals surface area contributed by atoms with Crippen LogP contribution in [0.15, 0.2) is 26.9 Å². The number of aromatic nitrogens is 1. The van der Waals surface area contributed by atoms with E-state index in [4.69, 9.17) is 15.9 Å². The maximum absolute atomic E-state index is 11.1. The van der Waals surface area contributed by atoms with Crippen LogP contribution in [0.1, 0.15) is 5.76 Å². The number of nitrogens with zero attached hydrogens (tertiary/aromatic N) is 2. The summed E-state index contributed by atoms with van der Waals surface area (Å²) >= 11 is 1.29. The second-order valence-corrected chi connectivity index (χ2v) is 4.41. The molecule has 0 unspecified atom stereocenters. The van der Waals surface area contributed by atoms with Crippen LogP contribution >= 0.6 is 11.3 Å². The van der Waals surface area contributed by atoms with Gasteiger partial charge in [0.1, 0.15) is 17.9 Å². The van der Waals surface area contributed by atoms with E-state index in [2.05, 4.69) is 14.7 Å². The number of aliphatic imine (C=N–C) groups is 1. The molecule has 7 nitrogen and oxygen atoms in total. The van der Waals surface area contributed by atoms with E-state index in [1.807, 2.05) is 0 Å². The number of furan rings is 1. The SMILES string of the molecule is COC(=O)Cc1ccc(-c2csc(N=C(N)N)n2)o1. The molecule has 100 valence electrons. The van der Waals surface area contributed by atoms with Crippen LogP contribution in [-0.2, 0) is 16.0 Å². The van der Waals surface area contributed by atoms with E-state index < -0.39 is 0 Å². The summed E-state index contributed by atoms with van der Waals surface area (Å²) in [5.74, 6) is 0.650. The largest absolute Gasteiger partial charge is 0.469 e. The number of methoxy groups -OCH3 is 1.